The Morgan fingerprint density at radius 2 is 2.00 bits per heavy atom. The lowest BCUT2D eigenvalue weighted by Gasteiger charge is -2.14. The zero-order valence-corrected chi connectivity index (χ0v) is 13.5. The maximum atomic E-state index is 13.4. The first kappa shape index (κ1) is 14.6. The Labute approximate surface area is 135 Å². The van der Waals surface area contributed by atoms with Crippen LogP contribution in [0, 0.1) is 5.82 Å². The van der Waals surface area contributed by atoms with Crippen molar-refractivity contribution in [3.63, 3.8) is 0 Å². The summed E-state index contributed by atoms with van der Waals surface area (Å²) in [6.07, 6.45) is 0. The molecule has 0 amide bonds. The van der Waals surface area contributed by atoms with Crippen LogP contribution < -0.4 is 5.32 Å². The van der Waals surface area contributed by atoms with Crippen LogP contribution in [0.15, 0.2) is 51.4 Å². The monoisotopic (exact) mass is 367 g/mol. The number of hydrogen-bond acceptors (Lipinski definition) is 2. The molecule has 0 saturated heterocycles. The number of hydrogen-bond donors (Lipinski definition) is 1. The molecule has 1 aromatic heterocycles. The van der Waals surface area contributed by atoms with E-state index in [4.69, 9.17) is 16.0 Å². The van der Waals surface area contributed by atoms with Crippen LogP contribution in [0.3, 0.4) is 0 Å². The average molecular weight is 369 g/mol. The van der Waals surface area contributed by atoms with Crippen LogP contribution in [0.5, 0.6) is 0 Å². The SMILES string of the molecule is CNC(c1ccc(F)c(Br)c1)c1cc2cc(Cl)ccc2o1. The number of rotatable bonds is 3. The standard InChI is InChI=1S/C16H12BrClFNO/c1-20-16(9-2-4-13(19)12(17)7-9)15-8-10-6-11(18)3-5-14(10)21-15/h2-8,16,20H,1H3. The zero-order valence-electron chi connectivity index (χ0n) is 11.2. The maximum Gasteiger partial charge on any atom is 0.137 e. The Morgan fingerprint density at radius 1 is 1.19 bits per heavy atom. The Morgan fingerprint density at radius 3 is 2.71 bits per heavy atom. The van der Waals surface area contributed by atoms with Crippen molar-refractivity contribution in [2.24, 2.45) is 0 Å². The van der Waals surface area contributed by atoms with E-state index in [9.17, 15) is 4.39 Å². The third kappa shape index (κ3) is 2.84. The van der Waals surface area contributed by atoms with Crippen LogP contribution in [-0.2, 0) is 0 Å². The second kappa shape index (κ2) is 5.79. The largest absolute Gasteiger partial charge is 0.459 e. The molecule has 0 fully saturated rings. The molecule has 21 heavy (non-hydrogen) atoms. The summed E-state index contributed by atoms with van der Waals surface area (Å²) in [5, 5.41) is 4.80. The Bertz CT molecular complexity index is 802. The summed E-state index contributed by atoms with van der Waals surface area (Å²) >= 11 is 9.20. The van der Waals surface area contributed by atoms with Gasteiger partial charge in [-0.1, -0.05) is 17.7 Å². The molecule has 5 heteroatoms. The number of halogens is 3. The summed E-state index contributed by atoms with van der Waals surface area (Å²) in [5.41, 5.74) is 1.69. The minimum atomic E-state index is -0.287. The first-order chi connectivity index (χ1) is 10.1. The van der Waals surface area contributed by atoms with Crippen molar-refractivity contribution in [3.05, 3.63) is 69.1 Å². The summed E-state index contributed by atoms with van der Waals surface area (Å²) in [7, 11) is 1.84. The molecule has 0 aliphatic carbocycles. The second-order valence-electron chi connectivity index (χ2n) is 4.73. The fourth-order valence-electron chi connectivity index (χ4n) is 2.34. The minimum absolute atomic E-state index is 0.159. The number of fused-ring (bicyclic) bond motifs is 1. The lowest BCUT2D eigenvalue weighted by atomic mass is 10.0. The average Bonchev–Trinajstić information content (AvgIpc) is 2.86. The van der Waals surface area contributed by atoms with Crippen LogP contribution >= 0.6 is 27.5 Å². The van der Waals surface area contributed by atoms with Crippen molar-refractivity contribution in [1.29, 1.82) is 0 Å². The fourth-order valence-corrected chi connectivity index (χ4v) is 2.92. The van der Waals surface area contributed by atoms with Gasteiger partial charge in [-0.15, -0.1) is 0 Å². The van der Waals surface area contributed by atoms with E-state index in [2.05, 4.69) is 21.2 Å². The minimum Gasteiger partial charge on any atom is -0.459 e. The van der Waals surface area contributed by atoms with Gasteiger partial charge in [-0.05, 0) is 64.9 Å². The molecule has 3 rings (SSSR count). The molecule has 2 nitrogen and oxygen atoms in total. The Kier molecular flexibility index (Phi) is 4.02. The van der Waals surface area contributed by atoms with E-state index in [1.165, 1.54) is 6.07 Å². The van der Waals surface area contributed by atoms with Crippen molar-refractivity contribution in [1.82, 2.24) is 5.32 Å². The van der Waals surface area contributed by atoms with Gasteiger partial charge in [0.15, 0.2) is 0 Å². The first-order valence-electron chi connectivity index (χ1n) is 6.39. The molecule has 0 aliphatic rings. The van der Waals surface area contributed by atoms with Gasteiger partial charge < -0.3 is 9.73 Å². The number of nitrogens with one attached hydrogen (secondary N) is 1. The molecule has 1 N–H and O–H groups in total. The van der Waals surface area contributed by atoms with Crippen LogP contribution in [0.25, 0.3) is 11.0 Å². The predicted octanol–water partition coefficient (Wildman–Crippen LogP) is 5.30. The van der Waals surface area contributed by atoms with Crippen LogP contribution in [0.4, 0.5) is 4.39 Å². The van der Waals surface area contributed by atoms with E-state index in [1.807, 2.05) is 25.2 Å². The van der Waals surface area contributed by atoms with Crippen molar-refractivity contribution >= 4 is 38.5 Å². The lowest BCUT2D eigenvalue weighted by molar-refractivity contribution is 0.491. The zero-order chi connectivity index (χ0) is 15.0. The van der Waals surface area contributed by atoms with Gasteiger partial charge in [0.05, 0.1) is 10.5 Å². The molecule has 0 saturated carbocycles. The van der Waals surface area contributed by atoms with Crippen molar-refractivity contribution in [2.45, 2.75) is 6.04 Å². The number of furan rings is 1. The van der Waals surface area contributed by atoms with Crippen LogP contribution in [0.2, 0.25) is 5.02 Å². The highest BCUT2D eigenvalue weighted by Crippen LogP contribution is 2.31. The van der Waals surface area contributed by atoms with E-state index in [-0.39, 0.29) is 11.9 Å². The van der Waals surface area contributed by atoms with Crippen molar-refractivity contribution < 1.29 is 8.81 Å². The van der Waals surface area contributed by atoms with Gasteiger partial charge in [0.25, 0.3) is 0 Å². The molecule has 1 atom stereocenters. The smallest absolute Gasteiger partial charge is 0.137 e. The van der Waals surface area contributed by atoms with Crippen LogP contribution in [0.1, 0.15) is 17.4 Å². The highest BCUT2D eigenvalue weighted by molar-refractivity contribution is 9.10. The molecule has 1 heterocycles. The summed E-state index contributed by atoms with van der Waals surface area (Å²) in [6.45, 7) is 0. The molecular formula is C16H12BrClFNO. The molecule has 0 radical (unpaired) electrons. The Balaban J connectivity index is 2.06. The number of benzene rings is 2. The summed E-state index contributed by atoms with van der Waals surface area (Å²) < 4.78 is 19.7. The van der Waals surface area contributed by atoms with E-state index in [0.29, 0.717) is 9.50 Å². The van der Waals surface area contributed by atoms with Gasteiger partial charge >= 0.3 is 0 Å². The van der Waals surface area contributed by atoms with Gasteiger partial charge in [0, 0.05) is 10.4 Å². The maximum absolute atomic E-state index is 13.4. The fraction of sp³-hybridized carbons (Fsp3) is 0.125. The summed E-state index contributed by atoms with van der Waals surface area (Å²) in [6, 6.07) is 12.2. The van der Waals surface area contributed by atoms with E-state index >= 15 is 0 Å². The van der Waals surface area contributed by atoms with Gasteiger partial charge in [0.2, 0.25) is 0 Å². The van der Waals surface area contributed by atoms with Crippen LogP contribution in [-0.4, -0.2) is 7.05 Å². The van der Waals surface area contributed by atoms with E-state index in [1.54, 1.807) is 18.2 Å². The molecule has 0 bridgehead atoms. The second-order valence-corrected chi connectivity index (χ2v) is 6.02. The molecule has 0 aliphatic heterocycles. The predicted molar refractivity (Wildman–Crippen MR) is 86.2 cm³/mol. The van der Waals surface area contributed by atoms with Crippen molar-refractivity contribution in [2.75, 3.05) is 7.05 Å². The van der Waals surface area contributed by atoms with Crippen molar-refractivity contribution in [3.8, 4) is 0 Å². The highest BCUT2D eigenvalue weighted by Gasteiger charge is 2.18. The normalized spacial score (nSPS) is 12.8. The molecule has 2 aromatic carbocycles. The quantitative estimate of drug-likeness (QED) is 0.679. The van der Waals surface area contributed by atoms with E-state index < -0.39 is 0 Å². The molecule has 108 valence electrons. The van der Waals surface area contributed by atoms with Gasteiger partial charge in [0.1, 0.15) is 17.2 Å². The topological polar surface area (TPSA) is 25.2 Å². The van der Waals surface area contributed by atoms with Gasteiger partial charge in [-0.25, -0.2) is 4.39 Å². The van der Waals surface area contributed by atoms with E-state index in [0.717, 1.165) is 22.3 Å². The third-order valence-corrected chi connectivity index (χ3v) is 4.19. The third-order valence-electron chi connectivity index (χ3n) is 3.35. The highest BCUT2D eigenvalue weighted by atomic mass is 79.9. The first-order valence-corrected chi connectivity index (χ1v) is 7.57. The lowest BCUT2D eigenvalue weighted by Crippen LogP contribution is -2.17. The molecule has 0 spiro atoms. The summed E-state index contributed by atoms with van der Waals surface area (Å²) in [5.74, 6) is 0.471. The molecule has 1 unspecified atom stereocenters. The molecule has 3 aromatic rings. The van der Waals surface area contributed by atoms with Gasteiger partial charge in [-0.2, -0.15) is 0 Å². The summed E-state index contributed by atoms with van der Waals surface area (Å²) in [4.78, 5) is 0. The Hall–Kier alpha value is -1.36. The van der Waals surface area contributed by atoms with Gasteiger partial charge in [-0.3, -0.25) is 0 Å². The molecular weight excluding hydrogens is 357 g/mol.